The van der Waals surface area contributed by atoms with E-state index < -0.39 is 24.0 Å². The van der Waals surface area contributed by atoms with E-state index in [1.165, 1.54) is 12.3 Å². The van der Waals surface area contributed by atoms with Gasteiger partial charge in [0.15, 0.2) is 5.69 Å². The number of carboxylic acids is 1. The molecule has 3 aromatic rings. The van der Waals surface area contributed by atoms with Crippen LogP contribution in [0, 0.1) is 5.92 Å². The molecule has 0 aliphatic carbocycles. The molecule has 8 heteroatoms. The van der Waals surface area contributed by atoms with Gasteiger partial charge in [0.2, 0.25) is 0 Å². The average molecular weight is 450 g/mol. The summed E-state index contributed by atoms with van der Waals surface area (Å²) in [5.41, 5.74) is 2.95. The molecule has 3 rings (SSSR count). The van der Waals surface area contributed by atoms with E-state index in [2.05, 4.69) is 10.4 Å². The Hall–Kier alpha value is -3.94. The number of hydrogen-bond acceptors (Lipinski definition) is 5. The lowest BCUT2D eigenvalue weighted by Crippen LogP contribution is -2.41. The van der Waals surface area contributed by atoms with Crippen molar-refractivity contribution in [2.45, 2.75) is 32.7 Å². The Morgan fingerprint density at radius 2 is 1.70 bits per heavy atom. The quantitative estimate of drug-likeness (QED) is 0.478. The van der Waals surface area contributed by atoms with E-state index in [1.54, 1.807) is 13.8 Å². The summed E-state index contributed by atoms with van der Waals surface area (Å²) in [5, 5.41) is 15.7. The Bertz CT molecular complexity index is 1090. The number of benzene rings is 2. The smallest absolute Gasteiger partial charge is 0.356 e. The molecule has 0 saturated carbocycles. The number of carbonyl (C=O) groups excluding carboxylic acids is 2. The Labute approximate surface area is 192 Å². The molecular weight excluding hydrogens is 422 g/mol. The molecule has 2 unspecified atom stereocenters. The van der Waals surface area contributed by atoms with Crippen molar-refractivity contribution in [1.82, 2.24) is 15.1 Å². The number of amides is 1. The monoisotopic (exact) mass is 449 g/mol. The van der Waals surface area contributed by atoms with Gasteiger partial charge in [0.05, 0.1) is 12.5 Å². The zero-order valence-corrected chi connectivity index (χ0v) is 18.6. The molecule has 2 N–H and O–H groups in total. The third kappa shape index (κ3) is 6.52. The third-order valence-electron chi connectivity index (χ3n) is 5.21. The van der Waals surface area contributed by atoms with Gasteiger partial charge in [0.1, 0.15) is 0 Å². The number of hydrogen-bond donors (Lipinski definition) is 2. The van der Waals surface area contributed by atoms with Crippen molar-refractivity contribution in [3.05, 3.63) is 78.1 Å². The van der Waals surface area contributed by atoms with Crippen LogP contribution in [0.1, 0.15) is 36.3 Å². The maximum Gasteiger partial charge on any atom is 0.356 e. The van der Waals surface area contributed by atoms with Gasteiger partial charge < -0.3 is 15.2 Å². The van der Waals surface area contributed by atoms with Crippen molar-refractivity contribution < 1.29 is 24.2 Å². The second kappa shape index (κ2) is 11.1. The highest BCUT2D eigenvalue weighted by molar-refractivity contribution is 5.86. The first kappa shape index (κ1) is 23.7. The molecule has 2 atom stereocenters. The molecule has 8 nitrogen and oxygen atoms in total. The van der Waals surface area contributed by atoms with Crippen LogP contribution in [0.5, 0.6) is 0 Å². The topological polar surface area (TPSA) is 111 Å². The molecule has 1 amide bonds. The molecule has 0 saturated heterocycles. The lowest BCUT2D eigenvalue weighted by molar-refractivity contribution is -0.147. The largest absolute Gasteiger partial charge is 0.476 e. The van der Waals surface area contributed by atoms with Crippen LogP contribution < -0.4 is 5.32 Å². The molecule has 0 aliphatic rings. The lowest BCUT2D eigenvalue weighted by atomic mass is 9.95. The van der Waals surface area contributed by atoms with E-state index in [4.69, 9.17) is 9.84 Å². The van der Waals surface area contributed by atoms with Crippen LogP contribution in [-0.4, -0.2) is 45.5 Å². The zero-order chi connectivity index (χ0) is 23.8. The summed E-state index contributed by atoms with van der Waals surface area (Å²) in [4.78, 5) is 35.9. The first-order valence-corrected chi connectivity index (χ1v) is 10.8. The van der Waals surface area contributed by atoms with Crippen molar-refractivity contribution in [2.75, 3.05) is 6.61 Å². The van der Waals surface area contributed by atoms with E-state index in [0.717, 1.165) is 21.4 Å². The minimum Gasteiger partial charge on any atom is -0.476 e. The van der Waals surface area contributed by atoms with Crippen molar-refractivity contribution in [3.8, 4) is 11.1 Å². The minimum atomic E-state index is -1.22. The van der Waals surface area contributed by atoms with Gasteiger partial charge in [-0.15, -0.1) is 0 Å². The number of aromatic nitrogens is 2. The lowest BCUT2D eigenvalue weighted by Gasteiger charge is -2.22. The van der Waals surface area contributed by atoms with Gasteiger partial charge in [-0.05, 0) is 42.5 Å². The van der Waals surface area contributed by atoms with Crippen molar-refractivity contribution in [3.63, 3.8) is 0 Å². The number of aromatic carboxylic acids is 1. The molecule has 2 aromatic carbocycles. The van der Waals surface area contributed by atoms with E-state index in [1.807, 2.05) is 54.6 Å². The van der Waals surface area contributed by atoms with Crippen LogP contribution in [0.25, 0.3) is 11.1 Å². The standard InChI is InChI=1S/C25H27N3O5/c1-3-33-24(31)17(2)15-21(26-25(32)28-14-13-22(27-28)23(29)30)16-18-9-11-20(12-10-18)19-7-5-4-6-8-19/h4-14,17,21H,3,15-16H2,1-2H3,(H,26,32)(H,29,30). The fourth-order valence-corrected chi connectivity index (χ4v) is 3.54. The summed E-state index contributed by atoms with van der Waals surface area (Å²) < 4.78 is 6.05. The number of carbonyl (C=O) groups is 3. The molecule has 0 radical (unpaired) electrons. The predicted octanol–water partition coefficient (Wildman–Crippen LogP) is 4.01. The molecule has 33 heavy (non-hydrogen) atoms. The van der Waals surface area contributed by atoms with E-state index >= 15 is 0 Å². The molecule has 0 aliphatic heterocycles. The summed E-state index contributed by atoms with van der Waals surface area (Å²) in [5.74, 6) is -1.97. The Balaban J connectivity index is 1.75. The first-order chi connectivity index (χ1) is 15.9. The number of nitrogens with one attached hydrogen (secondary N) is 1. The third-order valence-corrected chi connectivity index (χ3v) is 5.21. The molecule has 1 heterocycles. The van der Waals surface area contributed by atoms with Crippen LogP contribution in [0.15, 0.2) is 66.9 Å². The number of nitrogens with zero attached hydrogens (tertiary/aromatic N) is 2. The summed E-state index contributed by atoms with van der Waals surface area (Å²) in [6.45, 7) is 3.79. The maximum atomic E-state index is 12.7. The van der Waals surface area contributed by atoms with E-state index in [0.29, 0.717) is 12.8 Å². The minimum absolute atomic E-state index is 0.224. The second-order valence-corrected chi connectivity index (χ2v) is 7.75. The number of ether oxygens (including phenoxy) is 1. The molecule has 0 bridgehead atoms. The fraction of sp³-hybridized carbons (Fsp3) is 0.280. The number of carboxylic acid groups (broad SMARTS) is 1. The zero-order valence-electron chi connectivity index (χ0n) is 18.6. The molecule has 1 aromatic heterocycles. The summed E-state index contributed by atoms with van der Waals surface area (Å²) in [6.07, 6.45) is 2.13. The van der Waals surface area contributed by atoms with Crippen LogP contribution in [0.2, 0.25) is 0 Å². The van der Waals surface area contributed by atoms with E-state index in [9.17, 15) is 14.4 Å². The SMILES string of the molecule is CCOC(=O)C(C)CC(Cc1ccc(-c2ccccc2)cc1)NC(=O)n1ccc(C(=O)O)n1. The van der Waals surface area contributed by atoms with Gasteiger partial charge >= 0.3 is 18.0 Å². The Morgan fingerprint density at radius 3 is 2.30 bits per heavy atom. The molecular formula is C25H27N3O5. The van der Waals surface area contributed by atoms with Crippen molar-refractivity contribution in [2.24, 2.45) is 5.92 Å². The number of rotatable bonds is 9. The predicted molar refractivity (Wildman–Crippen MR) is 123 cm³/mol. The highest BCUT2D eigenvalue weighted by Gasteiger charge is 2.23. The highest BCUT2D eigenvalue weighted by Crippen LogP contribution is 2.21. The normalized spacial score (nSPS) is 12.5. The van der Waals surface area contributed by atoms with Gasteiger partial charge in [-0.25, -0.2) is 9.59 Å². The fourth-order valence-electron chi connectivity index (χ4n) is 3.54. The Kier molecular flexibility index (Phi) is 7.96. The van der Waals surface area contributed by atoms with Crippen molar-refractivity contribution in [1.29, 1.82) is 0 Å². The van der Waals surface area contributed by atoms with Crippen molar-refractivity contribution >= 4 is 18.0 Å². The van der Waals surface area contributed by atoms with Crippen LogP contribution in [-0.2, 0) is 16.0 Å². The van der Waals surface area contributed by atoms with Gasteiger partial charge in [-0.2, -0.15) is 9.78 Å². The van der Waals surface area contributed by atoms with Crippen LogP contribution in [0.4, 0.5) is 4.79 Å². The van der Waals surface area contributed by atoms with Crippen LogP contribution in [0.3, 0.4) is 0 Å². The Morgan fingerprint density at radius 1 is 1.03 bits per heavy atom. The second-order valence-electron chi connectivity index (χ2n) is 7.75. The summed E-state index contributed by atoms with van der Waals surface area (Å²) >= 11 is 0. The van der Waals surface area contributed by atoms with Gasteiger partial charge in [0, 0.05) is 12.2 Å². The van der Waals surface area contributed by atoms with Gasteiger partial charge in [0.25, 0.3) is 0 Å². The van der Waals surface area contributed by atoms with Gasteiger partial charge in [-0.3, -0.25) is 4.79 Å². The van der Waals surface area contributed by atoms with Crippen LogP contribution >= 0.6 is 0 Å². The first-order valence-electron chi connectivity index (χ1n) is 10.8. The average Bonchev–Trinajstić information content (AvgIpc) is 3.31. The molecule has 172 valence electrons. The molecule has 0 fully saturated rings. The summed E-state index contributed by atoms with van der Waals surface area (Å²) in [6, 6.07) is 18.3. The number of esters is 1. The highest BCUT2D eigenvalue weighted by atomic mass is 16.5. The molecule has 0 spiro atoms. The van der Waals surface area contributed by atoms with Gasteiger partial charge in [-0.1, -0.05) is 61.5 Å². The maximum absolute atomic E-state index is 12.7. The van der Waals surface area contributed by atoms with E-state index in [-0.39, 0.29) is 18.3 Å². The summed E-state index contributed by atoms with van der Waals surface area (Å²) in [7, 11) is 0.